The molecule has 0 bridgehead atoms. The van der Waals surface area contributed by atoms with Gasteiger partial charge < -0.3 is 16.2 Å². The highest BCUT2D eigenvalue weighted by atomic mass is 79.9. The lowest BCUT2D eigenvalue weighted by Gasteiger charge is -2.16. The molecule has 0 spiro atoms. The molecule has 1 unspecified atom stereocenters. The maximum atomic E-state index is 11.1. The number of unbranched alkanes of at least 4 members (excludes halogenated alkanes) is 1. The zero-order valence-electron chi connectivity index (χ0n) is 10.6. The lowest BCUT2D eigenvalue weighted by Crippen LogP contribution is -2.29. The van der Waals surface area contributed by atoms with E-state index in [1.165, 1.54) is 0 Å². The van der Waals surface area contributed by atoms with Crippen molar-refractivity contribution in [2.45, 2.75) is 32.2 Å². The number of carbonyl (C=O) groups is 2. The molecule has 1 aromatic rings. The van der Waals surface area contributed by atoms with E-state index in [0.29, 0.717) is 22.1 Å². The fourth-order valence-electron chi connectivity index (χ4n) is 1.67. The Morgan fingerprint density at radius 2 is 2.16 bits per heavy atom. The summed E-state index contributed by atoms with van der Waals surface area (Å²) in [6, 6.07) is 4.23. The molecule has 0 saturated carbocycles. The van der Waals surface area contributed by atoms with Crippen molar-refractivity contribution in [3.05, 3.63) is 28.2 Å². The summed E-state index contributed by atoms with van der Waals surface area (Å²) in [5, 5.41) is 12.1. The first-order valence-corrected chi connectivity index (χ1v) is 6.83. The summed E-state index contributed by atoms with van der Waals surface area (Å²) in [5.74, 6) is -1.41. The van der Waals surface area contributed by atoms with Crippen molar-refractivity contribution in [3.8, 4) is 0 Å². The smallest absolute Gasteiger partial charge is 0.326 e. The van der Waals surface area contributed by atoms with E-state index >= 15 is 0 Å². The Labute approximate surface area is 120 Å². The highest BCUT2D eigenvalue weighted by Crippen LogP contribution is 2.22. The Balaban J connectivity index is 2.82. The summed E-state index contributed by atoms with van der Waals surface area (Å²) >= 11 is 3.24. The third-order valence-corrected chi connectivity index (χ3v) is 3.38. The van der Waals surface area contributed by atoms with Crippen molar-refractivity contribution in [2.75, 3.05) is 5.32 Å². The third-order valence-electron chi connectivity index (χ3n) is 2.72. The predicted molar refractivity (Wildman–Crippen MR) is 77.2 cm³/mol. The Hall–Kier alpha value is -1.56. The van der Waals surface area contributed by atoms with Crippen LogP contribution in [-0.4, -0.2) is 23.0 Å². The molecule has 0 fully saturated rings. The van der Waals surface area contributed by atoms with Crippen LogP contribution in [-0.2, 0) is 4.79 Å². The van der Waals surface area contributed by atoms with Crippen LogP contribution < -0.4 is 11.1 Å². The topological polar surface area (TPSA) is 92.4 Å². The average molecular weight is 329 g/mol. The molecule has 104 valence electrons. The van der Waals surface area contributed by atoms with Crippen LogP contribution in [0.5, 0.6) is 0 Å². The Bertz CT molecular complexity index is 477. The first-order chi connectivity index (χ1) is 8.95. The van der Waals surface area contributed by atoms with Crippen molar-refractivity contribution < 1.29 is 14.7 Å². The van der Waals surface area contributed by atoms with Crippen molar-refractivity contribution >= 4 is 33.5 Å². The molecule has 0 aliphatic rings. The standard InChI is InChI=1S/C13H17BrN2O3/c1-2-3-4-11(13(18)19)16-8-5-6-9(12(15)17)10(14)7-8/h5-7,11,16H,2-4H2,1H3,(H2,15,17)(H,18,19). The molecule has 19 heavy (non-hydrogen) atoms. The number of hydrogen-bond donors (Lipinski definition) is 3. The van der Waals surface area contributed by atoms with Gasteiger partial charge in [-0.1, -0.05) is 19.8 Å². The normalized spacial score (nSPS) is 11.9. The van der Waals surface area contributed by atoms with Crippen LogP contribution in [0.3, 0.4) is 0 Å². The monoisotopic (exact) mass is 328 g/mol. The fourth-order valence-corrected chi connectivity index (χ4v) is 2.25. The minimum absolute atomic E-state index is 0.367. The Morgan fingerprint density at radius 1 is 1.47 bits per heavy atom. The van der Waals surface area contributed by atoms with Gasteiger partial charge >= 0.3 is 5.97 Å². The summed E-state index contributed by atoms with van der Waals surface area (Å²) < 4.78 is 0.546. The molecule has 5 nitrogen and oxygen atoms in total. The molecule has 0 aliphatic carbocycles. The number of carbonyl (C=O) groups excluding carboxylic acids is 1. The van der Waals surface area contributed by atoms with Gasteiger partial charge in [0.15, 0.2) is 0 Å². The average Bonchev–Trinajstić information content (AvgIpc) is 2.33. The number of amides is 1. The fraction of sp³-hybridized carbons (Fsp3) is 0.385. The quantitative estimate of drug-likeness (QED) is 0.717. The number of rotatable bonds is 7. The summed E-state index contributed by atoms with van der Waals surface area (Å²) in [4.78, 5) is 22.2. The summed E-state index contributed by atoms with van der Waals surface area (Å²) in [6.45, 7) is 2.01. The van der Waals surface area contributed by atoms with E-state index in [-0.39, 0.29) is 0 Å². The number of benzene rings is 1. The van der Waals surface area contributed by atoms with Gasteiger partial charge in [-0.3, -0.25) is 4.79 Å². The van der Waals surface area contributed by atoms with Crippen LogP contribution >= 0.6 is 15.9 Å². The van der Waals surface area contributed by atoms with Crippen molar-refractivity contribution in [3.63, 3.8) is 0 Å². The van der Waals surface area contributed by atoms with Crippen LogP contribution in [0.4, 0.5) is 5.69 Å². The maximum absolute atomic E-state index is 11.1. The number of aliphatic carboxylic acids is 1. The van der Waals surface area contributed by atoms with Gasteiger partial charge in [-0.05, 0) is 40.5 Å². The lowest BCUT2D eigenvalue weighted by atomic mass is 10.1. The van der Waals surface area contributed by atoms with Gasteiger partial charge in [0.1, 0.15) is 6.04 Å². The van der Waals surface area contributed by atoms with E-state index in [4.69, 9.17) is 10.8 Å². The van der Waals surface area contributed by atoms with Crippen LogP contribution in [0.1, 0.15) is 36.5 Å². The Kier molecular flexibility index (Phi) is 5.82. The van der Waals surface area contributed by atoms with Crippen molar-refractivity contribution in [2.24, 2.45) is 5.73 Å². The summed E-state index contributed by atoms with van der Waals surface area (Å²) in [6.07, 6.45) is 2.33. The SMILES string of the molecule is CCCCC(Nc1ccc(C(N)=O)c(Br)c1)C(=O)O. The number of carboxylic acid groups (broad SMARTS) is 1. The number of nitrogens with two attached hydrogens (primary N) is 1. The van der Waals surface area contributed by atoms with Gasteiger partial charge in [-0.2, -0.15) is 0 Å². The summed E-state index contributed by atoms with van der Waals surface area (Å²) in [7, 11) is 0. The molecule has 1 amide bonds. The van der Waals surface area contributed by atoms with Gasteiger partial charge in [0.25, 0.3) is 0 Å². The van der Waals surface area contributed by atoms with Crippen molar-refractivity contribution in [1.82, 2.24) is 0 Å². The van der Waals surface area contributed by atoms with Crippen LogP contribution in [0.15, 0.2) is 22.7 Å². The molecule has 0 radical (unpaired) electrons. The number of hydrogen-bond acceptors (Lipinski definition) is 3. The molecule has 0 aliphatic heterocycles. The number of primary amides is 1. The second-order valence-electron chi connectivity index (χ2n) is 4.24. The number of anilines is 1. The number of halogens is 1. The zero-order valence-corrected chi connectivity index (χ0v) is 12.2. The third kappa shape index (κ3) is 4.55. The van der Waals surface area contributed by atoms with Crippen LogP contribution in [0.25, 0.3) is 0 Å². The van der Waals surface area contributed by atoms with E-state index in [9.17, 15) is 9.59 Å². The van der Waals surface area contributed by atoms with E-state index in [1.807, 2.05) is 6.92 Å². The largest absolute Gasteiger partial charge is 0.480 e. The number of carboxylic acids is 1. The zero-order chi connectivity index (χ0) is 14.4. The molecule has 6 heteroatoms. The maximum Gasteiger partial charge on any atom is 0.326 e. The molecular weight excluding hydrogens is 312 g/mol. The molecule has 0 aromatic heterocycles. The van der Waals surface area contributed by atoms with E-state index in [0.717, 1.165) is 12.8 Å². The minimum Gasteiger partial charge on any atom is -0.480 e. The van der Waals surface area contributed by atoms with Gasteiger partial charge in [0.2, 0.25) is 5.91 Å². The molecule has 1 aromatic carbocycles. The van der Waals surface area contributed by atoms with Crippen molar-refractivity contribution in [1.29, 1.82) is 0 Å². The minimum atomic E-state index is -0.886. The first-order valence-electron chi connectivity index (χ1n) is 6.04. The highest BCUT2D eigenvalue weighted by Gasteiger charge is 2.17. The number of nitrogens with one attached hydrogen (secondary N) is 1. The second-order valence-corrected chi connectivity index (χ2v) is 5.09. The predicted octanol–water partition coefficient (Wildman–Crippen LogP) is 2.60. The second kappa shape index (κ2) is 7.13. The van der Waals surface area contributed by atoms with E-state index in [2.05, 4.69) is 21.2 Å². The van der Waals surface area contributed by atoms with Crippen LogP contribution in [0, 0.1) is 0 Å². The van der Waals surface area contributed by atoms with E-state index in [1.54, 1.807) is 18.2 Å². The highest BCUT2D eigenvalue weighted by molar-refractivity contribution is 9.10. The van der Waals surface area contributed by atoms with Gasteiger partial charge in [-0.15, -0.1) is 0 Å². The molecule has 0 heterocycles. The molecule has 1 atom stereocenters. The van der Waals surface area contributed by atoms with Gasteiger partial charge in [0, 0.05) is 10.2 Å². The first kappa shape index (κ1) is 15.5. The lowest BCUT2D eigenvalue weighted by molar-refractivity contribution is -0.138. The van der Waals surface area contributed by atoms with Gasteiger partial charge in [-0.25, -0.2) is 4.79 Å². The van der Waals surface area contributed by atoms with Gasteiger partial charge in [0.05, 0.1) is 5.56 Å². The molecule has 0 saturated heterocycles. The van der Waals surface area contributed by atoms with Crippen LogP contribution in [0.2, 0.25) is 0 Å². The summed E-state index contributed by atoms with van der Waals surface area (Å²) in [5.41, 5.74) is 6.20. The molecular formula is C13H17BrN2O3. The van der Waals surface area contributed by atoms with E-state index < -0.39 is 17.9 Å². The Morgan fingerprint density at radius 3 is 2.63 bits per heavy atom. The molecule has 4 N–H and O–H groups in total. The molecule has 1 rings (SSSR count).